The Bertz CT molecular complexity index is 605. The van der Waals surface area contributed by atoms with Crippen LogP contribution in [0.25, 0.3) is 0 Å². The molecule has 0 spiro atoms. The molecule has 0 saturated carbocycles. The number of hydrogen-bond acceptors (Lipinski definition) is 4. The van der Waals surface area contributed by atoms with Crippen molar-refractivity contribution < 1.29 is 4.79 Å². The number of nitrogens with one attached hydrogen (secondary N) is 3. The van der Waals surface area contributed by atoms with Crippen molar-refractivity contribution in [2.24, 2.45) is 5.92 Å². The molecule has 2 fully saturated rings. The molecule has 102 valence electrons. The van der Waals surface area contributed by atoms with E-state index in [9.17, 15) is 14.4 Å². The Morgan fingerprint density at radius 1 is 1.32 bits per heavy atom. The average molecular weight is 264 g/mol. The molecular weight excluding hydrogens is 248 g/mol. The van der Waals surface area contributed by atoms with Gasteiger partial charge in [-0.1, -0.05) is 0 Å². The van der Waals surface area contributed by atoms with Crippen molar-refractivity contribution in [1.82, 2.24) is 20.2 Å². The molecule has 7 nitrogen and oxygen atoms in total. The first-order valence-corrected chi connectivity index (χ1v) is 6.50. The Labute approximate surface area is 109 Å². The highest BCUT2D eigenvalue weighted by molar-refractivity contribution is 5.93. The van der Waals surface area contributed by atoms with E-state index in [2.05, 4.69) is 15.3 Å². The van der Waals surface area contributed by atoms with Gasteiger partial charge in [-0.3, -0.25) is 14.6 Å². The van der Waals surface area contributed by atoms with Crippen LogP contribution < -0.4 is 16.6 Å². The van der Waals surface area contributed by atoms with E-state index < -0.39 is 11.2 Å². The molecule has 2 atom stereocenters. The maximum atomic E-state index is 12.4. The van der Waals surface area contributed by atoms with E-state index in [1.54, 1.807) is 4.90 Å². The van der Waals surface area contributed by atoms with Crippen LogP contribution >= 0.6 is 0 Å². The van der Waals surface area contributed by atoms with E-state index in [-0.39, 0.29) is 17.5 Å². The number of H-pyrrole nitrogens is 2. The quantitative estimate of drug-likeness (QED) is 0.599. The van der Waals surface area contributed by atoms with Gasteiger partial charge in [0.15, 0.2) is 0 Å². The molecule has 1 aromatic heterocycles. The van der Waals surface area contributed by atoms with Crippen LogP contribution in [0.4, 0.5) is 0 Å². The molecule has 3 heterocycles. The smallest absolute Gasteiger partial charge is 0.325 e. The summed E-state index contributed by atoms with van der Waals surface area (Å²) in [4.78, 5) is 41.3. The van der Waals surface area contributed by atoms with Crippen molar-refractivity contribution in [3.8, 4) is 0 Å². The highest BCUT2D eigenvalue weighted by Gasteiger charge is 2.38. The van der Waals surface area contributed by atoms with Crippen LogP contribution in [0.2, 0.25) is 0 Å². The summed E-state index contributed by atoms with van der Waals surface area (Å²) in [6.07, 6.45) is 3.27. The Hall–Kier alpha value is -1.89. The lowest BCUT2D eigenvalue weighted by Crippen LogP contribution is -2.49. The van der Waals surface area contributed by atoms with Crippen molar-refractivity contribution in [3.05, 3.63) is 32.6 Å². The lowest BCUT2D eigenvalue weighted by Gasteiger charge is -2.36. The lowest BCUT2D eigenvalue weighted by atomic mass is 9.91. The van der Waals surface area contributed by atoms with Crippen LogP contribution in [-0.4, -0.2) is 46.5 Å². The fourth-order valence-corrected chi connectivity index (χ4v) is 3.04. The van der Waals surface area contributed by atoms with Crippen LogP contribution in [0.5, 0.6) is 0 Å². The molecule has 0 bridgehead atoms. The van der Waals surface area contributed by atoms with Gasteiger partial charge < -0.3 is 15.2 Å². The Morgan fingerprint density at radius 3 is 2.95 bits per heavy atom. The van der Waals surface area contributed by atoms with E-state index in [0.717, 1.165) is 25.9 Å². The highest BCUT2D eigenvalue weighted by Crippen LogP contribution is 2.27. The molecule has 0 aromatic carbocycles. The van der Waals surface area contributed by atoms with E-state index in [0.29, 0.717) is 12.5 Å². The van der Waals surface area contributed by atoms with Crippen LogP contribution in [0.1, 0.15) is 23.2 Å². The van der Waals surface area contributed by atoms with Gasteiger partial charge in [0, 0.05) is 31.9 Å². The summed E-state index contributed by atoms with van der Waals surface area (Å²) in [5, 5.41) is 3.29. The molecule has 7 heteroatoms. The molecule has 3 N–H and O–H groups in total. The Balaban J connectivity index is 1.90. The first-order valence-electron chi connectivity index (χ1n) is 6.50. The normalized spacial score (nSPS) is 26.2. The van der Waals surface area contributed by atoms with Crippen LogP contribution in [0.15, 0.2) is 15.8 Å². The van der Waals surface area contributed by atoms with E-state index in [1.165, 1.54) is 6.20 Å². The summed E-state index contributed by atoms with van der Waals surface area (Å²) in [5.41, 5.74) is -1.21. The zero-order valence-electron chi connectivity index (χ0n) is 10.4. The molecule has 2 saturated heterocycles. The zero-order valence-corrected chi connectivity index (χ0v) is 10.4. The van der Waals surface area contributed by atoms with Crippen molar-refractivity contribution in [2.45, 2.75) is 18.9 Å². The second-order valence-corrected chi connectivity index (χ2v) is 5.11. The van der Waals surface area contributed by atoms with Crippen molar-refractivity contribution in [2.75, 3.05) is 19.6 Å². The molecule has 2 aliphatic heterocycles. The van der Waals surface area contributed by atoms with Gasteiger partial charge in [-0.15, -0.1) is 0 Å². The van der Waals surface area contributed by atoms with Crippen molar-refractivity contribution in [3.63, 3.8) is 0 Å². The Kier molecular flexibility index (Phi) is 2.98. The largest absolute Gasteiger partial charge is 0.334 e. The lowest BCUT2D eigenvalue weighted by molar-refractivity contribution is 0.0572. The number of nitrogens with zero attached hydrogens (tertiary/aromatic N) is 1. The second-order valence-electron chi connectivity index (χ2n) is 5.11. The maximum Gasteiger partial charge on any atom is 0.325 e. The average Bonchev–Trinajstić information content (AvgIpc) is 2.86. The van der Waals surface area contributed by atoms with E-state index in [4.69, 9.17) is 0 Å². The number of piperidine rings is 1. The number of hydrogen-bond donors (Lipinski definition) is 3. The zero-order chi connectivity index (χ0) is 13.4. The predicted octanol–water partition coefficient (Wildman–Crippen LogP) is -1.11. The first kappa shape index (κ1) is 12.2. The van der Waals surface area contributed by atoms with E-state index in [1.807, 2.05) is 0 Å². The standard InChI is InChI=1S/C12H16N4O3/c17-10-8(5-14-12(19)15-10)11(18)16-3-1-2-7-4-13-6-9(7)16/h5,7,9,13H,1-4,6H2,(H2,14,15,17,19). The van der Waals surface area contributed by atoms with Gasteiger partial charge in [0.2, 0.25) is 0 Å². The molecular formula is C12H16N4O3. The number of fused-ring (bicyclic) bond motifs is 1. The minimum absolute atomic E-state index is 0.00662. The summed E-state index contributed by atoms with van der Waals surface area (Å²) >= 11 is 0. The summed E-state index contributed by atoms with van der Waals surface area (Å²) in [6.45, 7) is 2.37. The van der Waals surface area contributed by atoms with Gasteiger partial charge in [0.05, 0.1) is 0 Å². The number of carbonyl (C=O) groups excluding carboxylic acids is 1. The number of rotatable bonds is 1. The topological polar surface area (TPSA) is 98.1 Å². The number of amides is 1. The molecule has 0 radical (unpaired) electrons. The molecule has 3 rings (SSSR count). The number of aromatic nitrogens is 2. The third-order valence-corrected chi connectivity index (χ3v) is 3.99. The minimum Gasteiger partial charge on any atom is -0.334 e. The molecule has 19 heavy (non-hydrogen) atoms. The van der Waals surface area contributed by atoms with Gasteiger partial charge in [-0.05, 0) is 18.8 Å². The number of aromatic amines is 2. The third-order valence-electron chi connectivity index (χ3n) is 3.99. The monoisotopic (exact) mass is 264 g/mol. The van der Waals surface area contributed by atoms with Gasteiger partial charge in [0.25, 0.3) is 11.5 Å². The number of carbonyl (C=O) groups is 1. The fourth-order valence-electron chi connectivity index (χ4n) is 3.04. The minimum atomic E-state index is -0.623. The summed E-state index contributed by atoms with van der Waals surface area (Å²) < 4.78 is 0. The molecule has 1 amide bonds. The number of likely N-dealkylation sites (tertiary alicyclic amines) is 1. The summed E-state index contributed by atoms with van der Waals surface area (Å²) in [6, 6.07) is 0.160. The van der Waals surface area contributed by atoms with Crippen LogP contribution in [-0.2, 0) is 0 Å². The molecule has 2 unspecified atom stereocenters. The van der Waals surface area contributed by atoms with Gasteiger partial charge >= 0.3 is 5.69 Å². The SMILES string of the molecule is O=C(c1c[nH]c(=O)[nH]c1=O)N1CCCC2CNCC21. The fraction of sp³-hybridized carbons (Fsp3) is 0.583. The summed E-state index contributed by atoms with van der Waals surface area (Å²) in [7, 11) is 0. The van der Waals surface area contributed by atoms with Gasteiger partial charge in [-0.2, -0.15) is 0 Å². The maximum absolute atomic E-state index is 12.4. The first-order chi connectivity index (χ1) is 9.16. The van der Waals surface area contributed by atoms with Gasteiger partial charge in [-0.25, -0.2) is 4.79 Å². The van der Waals surface area contributed by atoms with Crippen molar-refractivity contribution >= 4 is 5.91 Å². The van der Waals surface area contributed by atoms with Crippen LogP contribution in [0, 0.1) is 5.92 Å². The van der Waals surface area contributed by atoms with E-state index >= 15 is 0 Å². The Morgan fingerprint density at radius 2 is 2.16 bits per heavy atom. The molecule has 2 aliphatic rings. The van der Waals surface area contributed by atoms with Crippen molar-refractivity contribution in [1.29, 1.82) is 0 Å². The highest BCUT2D eigenvalue weighted by atomic mass is 16.2. The molecule has 1 aromatic rings. The summed E-state index contributed by atoms with van der Waals surface area (Å²) in [5.74, 6) is 0.176. The molecule has 0 aliphatic carbocycles. The second kappa shape index (κ2) is 4.65. The van der Waals surface area contributed by atoms with Gasteiger partial charge in [0.1, 0.15) is 5.56 Å². The third kappa shape index (κ3) is 2.10. The van der Waals surface area contributed by atoms with Crippen LogP contribution in [0.3, 0.4) is 0 Å². The predicted molar refractivity (Wildman–Crippen MR) is 68.1 cm³/mol.